The van der Waals surface area contributed by atoms with Crippen molar-refractivity contribution in [3.8, 4) is 5.75 Å². The van der Waals surface area contributed by atoms with Crippen LogP contribution in [0, 0.1) is 0 Å². The molecule has 2 rings (SSSR count). The Morgan fingerprint density at radius 3 is 3.00 bits per heavy atom. The molecule has 13 heavy (non-hydrogen) atoms. The molecule has 1 heterocycles. The first-order chi connectivity index (χ1) is 6.27. The number of thioether (sulfide) groups is 1. The van der Waals surface area contributed by atoms with Crippen LogP contribution in [-0.2, 0) is 0 Å². The smallest absolute Gasteiger partial charge is 0.263 e. The molecule has 1 aromatic rings. The average Bonchev–Trinajstić information content (AvgIpc) is 2.17. The minimum atomic E-state index is -2.42. The Morgan fingerprint density at radius 2 is 2.23 bits per heavy atom. The second-order valence-corrected chi connectivity index (χ2v) is 3.84. The first-order valence-electron chi connectivity index (χ1n) is 3.95. The summed E-state index contributed by atoms with van der Waals surface area (Å²) < 4.78 is 29.8. The van der Waals surface area contributed by atoms with Gasteiger partial charge in [0.25, 0.3) is 6.43 Å². The van der Waals surface area contributed by atoms with E-state index in [1.807, 2.05) is 0 Å². The lowest BCUT2D eigenvalue weighted by molar-refractivity contribution is 0.150. The lowest BCUT2D eigenvalue weighted by Crippen LogP contribution is -2.06. The molecule has 0 saturated heterocycles. The van der Waals surface area contributed by atoms with Crippen molar-refractivity contribution >= 4 is 11.8 Å². The SMILES string of the molecule is FC(F)c1ccc2c(c1)OCCS2. The van der Waals surface area contributed by atoms with E-state index in [0.29, 0.717) is 12.4 Å². The fourth-order valence-electron chi connectivity index (χ4n) is 1.20. The quantitative estimate of drug-likeness (QED) is 0.692. The van der Waals surface area contributed by atoms with Crippen molar-refractivity contribution in [1.82, 2.24) is 0 Å². The molecule has 0 amide bonds. The van der Waals surface area contributed by atoms with Crippen molar-refractivity contribution in [2.75, 3.05) is 12.4 Å². The Balaban J connectivity index is 2.35. The van der Waals surface area contributed by atoms with Gasteiger partial charge in [0, 0.05) is 16.2 Å². The van der Waals surface area contributed by atoms with Gasteiger partial charge >= 0.3 is 0 Å². The van der Waals surface area contributed by atoms with Gasteiger partial charge in [-0.2, -0.15) is 0 Å². The number of halogens is 2. The van der Waals surface area contributed by atoms with Gasteiger partial charge in [0.05, 0.1) is 6.61 Å². The van der Waals surface area contributed by atoms with E-state index in [-0.39, 0.29) is 5.56 Å². The number of benzene rings is 1. The highest BCUT2D eigenvalue weighted by Crippen LogP contribution is 2.35. The molecule has 0 bridgehead atoms. The summed E-state index contributed by atoms with van der Waals surface area (Å²) in [5.41, 5.74) is 0.0289. The summed E-state index contributed by atoms with van der Waals surface area (Å²) in [4.78, 5) is 0.954. The lowest BCUT2D eigenvalue weighted by Gasteiger charge is -2.17. The van der Waals surface area contributed by atoms with Gasteiger partial charge in [0.1, 0.15) is 5.75 Å². The van der Waals surface area contributed by atoms with E-state index >= 15 is 0 Å². The molecule has 0 atom stereocenters. The Bertz CT molecular complexity index is 314. The largest absolute Gasteiger partial charge is 0.492 e. The third-order valence-electron chi connectivity index (χ3n) is 1.82. The molecule has 4 heteroatoms. The Kier molecular flexibility index (Phi) is 2.40. The minimum Gasteiger partial charge on any atom is -0.492 e. The first kappa shape index (κ1) is 8.81. The number of hydrogen-bond acceptors (Lipinski definition) is 2. The maximum Gasteiger partial charge on any atom is 0.263 e. The van der Waals surface area contributed by atoms with E-state index in [4.69, 9.17) is 4.74 Å². The number of hydrogen-bond donors (Lipinski definition) is 0. The predicted octanol–water partition coefficient (Wildman–Crippen LogP) is 3.11. The van der Waals surface area contributed by atoms with Crippen LogP contribution >= 0.6 is 11.8 Å². The summed E-state index contributed by atoms with van der Waals surface area (Å²) >= 11 is 1.64. The molecule has 70 valence electrons. The fourth-order valence-corrected chi connectivity index (χ4v) is 2.01. The van der Waals surface area contributed by atoms with Crippen molar-refractivity contribution in [2.24, 2.45) is 0 Å². The van der Waals surface area contributed by atoms with Crippen LogP contribution in [-0.4, -0.2) is 12.4 Å². The van der Waals surface area contributed by atoms with Gasteiger partial charge in [-0.05, 0) is 12.1 Å². The number of rotatable bonds is 1. The van der Waals surface area contributed by atoms with Gasteiger partial charge in [0.2, 0.25) is 0 Å². The molecule has 0 N–H and O–H groups in total. The molecule has 0 saturated carbocycles. The van der Waals surface area contributed by atoms with Crippen molar-refractivity contribution in [3.63, 3.8) is 0 Å². The van der Waals surface area contributed by atoms with Crippen LogP contribution in [0.1, 0.15) is 12.0 Å². The fraction of sp³-hybridized carbons (Fsp3) is 0.333. The van der Waals surface area contributed by atoms with Gasteiger partial charge in [-0.3, -0.25) is 0 Å². The van der Waals surface area contributed by atoms with Crippen LogP contribution in [0.2, 0.25) is 0 Å². The van der Waals surface area contributed by atoms with Gasteiger partial charge < -0.3 is 4.74 Å². The van der Waals surface area contributed by atoms with E-state index in [0.717, 1.165) is 10.6 Å². The Labute approximate surface area is 79.1 Å². The van der Waals surface area contributed by atoms with E-state index in [2.05, 4.69) is 0 Å². The average molecular weight is 202 g/mol. The molecule has 1 aromatic carbocycles. The topological polar surface area (TPSA) is 9.23 Å². The summed E-state index contributed by atoms with van der Waals surface area (Å²) in [6.07, 6.45) is -2.42. The van der Waals surface area contributed by atoms with Crippen LogP contribution in [0.5, 0.6) is 5.75 Å². The summed E-state index contributed by atoms with van der Waals surface area (Å²) in [6, 6.07) is 4.57. The zero-order valence-corrected chi connectivity index (χ0v) is 7.61. The second-order valence-electron chi connectivity index (χ2n) is 2.70. The third-order valence-corrected chi connectivity index (χ3v) is 2.84. The molecule has 1 aliphatic rings. The molecule has 0 spiro atoms. The summed E-state index contributed by atoms with van der Waals surface area (Å²) in [7, 11) is 0. The van der Waals surface area contributed by atoms with Gasteiger partial charge in [-0.15, -0.1) is 11.8 Å². The predicted molar refractivity (Wildman–Crippen MR) is 47.6 cm³/mol. The highest BCUT2D eigenvalue weighted by molar-refractivity contribution is 7.99. The molecule has 0 aliphatic carbocycles. The van der Waals surface area contributed by atoms with Crippen molar-refractivity contribution in [1.29, 1.82) is 0 Å². The van der Waals surface area contributed by atoms with Crippen molar-refractivity contribution in [3.05, 3.63) is 23.8 Å². The van der Waals surface area contributed by atoms with Crippen LogP contribution in [0.25, 0.3) is 0 Å². The molecule has 1 nitrogen and oxygen atoms in total. The van der Waals surface area contributed by atoms with Crippen molar-refractivity contribution < 1.29 is 13.5 Å². The van der Waals surface area contributed by atoms with Crippen molar-refractivity contribution in [2.45, 2.75) is 11.3 Å². The van der Waals surface area contributed by atoms with Crippen LogP contribution in [0.4, 0.5) is 8.78 Å². The molecule has 0 aromatic heterocycles. The summed E-state index contributed by atoms with van der Waals surface area (Å²) in [6.45, 7) is 0.602. The van der Waals surface area contributed by atoms with Gasteiger partial charge in [-0.1, -0.05) is 6.07 Å². The number of ether oxygens (including phenoxy) is 1. The lowest BCUT2D eigenvalue weighted by atomic mass is 10.2. The third kappa shape index (κ3) is 1.77. The molecular formula is C9H8F2OS. The number of fused-ring (bicyclic) bond motifs is 1. The summed E-state index contributed by atoms with van der Waals surface area (Å²) in [5, 5.41) is 0. The molecule has 0 radical (unpaired) electrons. The monoisotopic (exact) mass is 202 g/mol. The normalized spacial score (nSPS) is 15.3. The second kappa shape index (κ2) is 3.54. The molecule has 1 aliphatic heterocycles. The minimum absolute atomic E-state index is 0.0289. The van der Waals surface area contributed by atoms with Gasteiger partial charge in [0.15, 0.2) is 0 Å². The molecular weight excluding hydrogens is 194 g/mol. The van der Waals surface area contributed by atoms with E-state index in [9.17, 15) is 8.78 Å². The highest BCUT2D eigenvalue weighted by Gasteiger charge is 2.14. The summed E-state index contributed by atoms with van der Waals surface area (Å²) in [5.74, 6) is 1.48. The molecule has 0 fully saturated rings. The standard InChI is InChI=1S/C9H8F2OS/c10-9(11)6-1-2-8-7(5-6)12-3-4-13-8/h1-2,5,9H,3-4H2. The maximum atomic E-state index is 12.3. The Morgan fingerprint density at radius 1 is 1.38 bits per heavy atom. The van der Waals surface area contributed by atoms with Crippen LogP contribution in [0.15, 0.2) is 23.1 Å². The zero-order chi connectivity index (χ0) is 9.26. The van der Waals surface area contributed by atoms with E-state index < -0.39 is 6.43 Å². The first-order valence-corrected chi connectivity index (χ1v) is 4.93. The highest BCUT2D eigenvalue weighted by atomic mass is 32.2. The maximum absolute atomic E-state index is 12.3. The molecule has 0 unspecified atom stereocenters. The van der Waals surface area contributed by atoms with E-state index in [1.165, 1.54) is 12.1 Å². The Hall–Kier alpha value is -0.770. The zero-order valence-electron chi connectivity index (χ0n) is 6.80. The van der Waals surface area contributed by atoms with Crippen LogP contribution < -0.4 is 4.74 Å². The number of alkyl halides is 2. The van der Waals surface area contributed by atoms with E-state index in [1.54, 1.807) is 17.8 Å². The van der Waals surface area contributed by atoms with Crippen LogP contribution in [0.3, 0.4) is 0 Å². The van der Waals surface area contributed by atoms with Gasteiger partial charge in [-0.25, -0.2) is 8.78 Å².